The van der Waals surface area contributed by atoms with Gasteiger partial charge in [0.1, 0.15) is 11.6 Å². The number of benzene rings is 2. The van der Waals surface area contributed by atoms with Crippen molar-refractivity contribution < 1.29 is 18.7 Å². The molecule has 8 heteroatoms. The van der Waals surface area contributed by atoms with Gasteiger partial charge in [-0.25, -0.2) is 9.37 Å². The van der Waals surface area contributed by atoms with Crippen LogP contribution in [0.4, 0.5) is 15.9 Å². The third kappa shape index (κ3) is 5.77. The Morgan fingerprint density at radius 1 is 1.03 bits per heavy atom. The van der Waals surface area contributed by atoms with Crippen molar-refractivity contribution in [1.82, 2.24) is 10.3 Å². The number of nitrogens with one attached hydrogen (secondary N) is 2. The molecular weight excluding hydrogens is 375 g/mol. The Morgan fingerprint density at radius 3 is 2.55 bits per heavy atom. The highest BCUT2D eigenvalue weighted by molar-refractivity contribution is 6.39. The Balaban J connectivity index is 1.53. The number of carbonyl (C=O) groups excluding carboxylic acids is 2. The number of pyridine rings is 1. The molecule has 0 radical (unpaired) electrons. The van der Waals surface area contributed by atoms with Gasteiger partial charge < -0.3 is 21.1 Å². The summed E-state index contributed by atoms with van der Waals surface area (Å²) >= 11 is 0. The van der Waals surface area contributed by atoms with Crippen LogP contribution < -0.4 is 21.1 Å². The lowest BCUT2D eigenvalue weighted by Crippen LogP contribution is -2.36. The minimum Gasteiger partial charge on any atom is -0.454 e. The van der Waals surface area contributed by atoms with Crippen LogP contribution in [-0.4, -0.2) is 23.3 Å². The topological polar surface area (TPSA) is 106 Å². The Kier molecular flexibility index (Phi) is 6.36. The summed E-state index contributed by atoms with van der Waals surface area (Å²) in [7, 11) is 0. The molecule has 0 saturated heterocycles. The number of hydrogen-bond acceptors (Lipinski definition) is 5. The first-order valence-electron chi connectivity index (χ1n) is 8.83. The number of nitrogens with zero attached hydrogens (tertiary/aromatic N) is 1. The summed E-state index contributed by atoms with van der Waals surface area (Å²) in [6, 6.07) is 16.4. The second-order valence-corrected chi connectivity index (χ2v) is 6.11. The average molecular weight is 394 g/mol. The minimum absolute atomic E-state index is 0.0547. The van der Waals surface area contributed by atoms with Crippen molar-refractivity contribution in [3.05, 3.63) is 78.2 Å². The number of aromatic nitrogens is 1. The molecule has 0 spiro atoms. The largest absolute Gasteiger partial charge is 0.454 e. The van der Waals surface area contributed by atoms with Gasteiger partial charge in [0.15, 0.2) is 11.6 Å². The second-order valence-electron chi connectivity index (χ2n) is 6.11. The fourth-order valence-corrected chi connectivity index (χ4v) is 2.51. The van der Waals surface area contributed by atoms with Crippen molar-refractivity contribution in [3.63, 3.8) is 0 Å². The van der Waals surface area contributed by atoms with E-state index in [1.54, 1.807) is 0 Å². The number of hydrogen-bond donors (Lipinski definition) is 3. The van der Waals surface area contributed by atoms with Crippen LogP contribution in [0.25, 0.3) is 0 Å². The molecule has 0 fully saturated rings. The third-order valence-electron chi connectivity index (χ3n) is 3.92. The molecule has 29 heavy (non-hydrogen) atoms. The number of nitrogen functional groups attached to an aromatic ring is 1. The molecule has 2 amide bonds. The fraction of sp³-hybridized carbons (Fsp3) is 0.0952. The molecule has 0 aliphatic heterocycles. The number of nitrogens with two attached hydrogens (primary N) is 1. The maximum Gasteiger partial charge on any atom is 0.313 e. The monoisotopic (exact) mass is 394 g/mol. The molecule has 0 saturated carbocycles. The van der Waals surface area contributed by atoms with Gasteiger partial charge in [-0.15, -0.1) is 0 Å². The van der Waals surface area contributed by atoms with Gasteiger partial charge >= 0.3 is 11.8 Å². The van der Waals surface area contributed by atoms with Crippen LogP contribution in [0.2, 0.25) is 0 Å². The normalized spacial score (nSPS) is 10.2. The molecule has 1 heterocycles. The number of amides is 2. The Hall–Kier alpha value is -3.94. The summed E-state index contributed by atoms with van der Waals surface area (Å²) in [5.74, 6) is -1.87. The first-order valence-corrected chi connectivity index (χ1v) is 8.83. The molecule has 148 valence electrons. The lowest BCUT2D eigenvalue weighted by molar-refractivity contribution is -0.136. The SMILES string of the molecule is Nc1cc(Oc2ccc(NC(=O)C(=O)NCCc3ccccc3)cc2F)ccn1. The molecule has 0 atom stereocenters. The Labute approximate surface area is 166 Å². The summed E-state index contributed by atoms with van der Waals surface area (Å²) in [6.07, 6.45) is 2.04. The molecular formula is C21H19FN4O3. The van der Waals surface area contributed by atoms with E-state index in [1.165, 1.54) is 30.5 Å². The smallest absolute Gasteiger partial charge is 0.313 e. The van der Waals surface area contributed by atoms with Crippen molar-refractivity contribution in [1.29, 1.82) is 0 Å². The number of carbonyl (C=O) groups is 2. The van der Waals surface area contributed by atoms with Crippen LogP contribution >= 0.6 is 0 Å². The number of halogens is 1. The molecule has 4 N–H and O–H groups in total. The van der Waals surface area contributed by atoms with Crippen LogP contribution in [0, 0.1) is 5.82 Å². The molecule has 3 rings (SSSR count). The second kappa shape index (κ2) is 9.32. The van der Waals surface area contributed by atoms with Gasteiger partial charge in [0, 0.05) is 30.6 Å². The van der Waals surface area contributed by atoms with Crippen molar-refractivity contribution in [3.8, 4) is 11.5 Å². The van der Waals surface area contributed by atoms with E-state index < -0.39 is 17.6 Å². The minimum atomic E-state index is -0.881. The number of ether oxygens (including phenoxy) is 1. The zero-order valence-corrected chi connectivity index (χ0v) is 15.4. The highest BCUT2D eigenvalue weighted by Gasteiger charge is 2.14. The van der Waals surface area contributed by atoms with Crippen molar-refractivity contribution in [2.24, 2.45) is 0 Å². The van der Waals surface area contributed by atoms with Crippen LogP contribution in [0.1, 0.15) is 5.56 Å². The first-order chi connectivity index (χ1) is 14.0. The van der Waals surface area contributed by atoms with Crippen LogP contribution in [0.3, 0.4) is 0 Å². The van der Waals surface area contributed by atoms with Gasteiger partial charge in [-0.05, 0) is 30.2 Å². The van der Waals surface area contributed by atoms with E-state index in [2.05, 4.69) is 15.6 Å². The molecule has 3 aromatic rings. The summed E-state index contributed by atoms with van der Waals surface area (Å²) in [6.45, 7) is 0.312. The number of anilines is 2. The Morgan fingerprint density at radius 2 is 1.83 bits per heavy atom. The van der Waals surface area contributed by atoms with Crippen LogP contribution in [0.15, 0.2) is 66.9 Å². The lowest BCUT2D eigenvalue weighted by Gasteiger charge is -2.10. The molecule has 0 unspecified atom stereocenters. The molecule has 2 aromatic carbocycles. The van der Waals surface area contributed by atoms with Crippen molar-refractivity contribution in [2.45, 2.75) is 6.42 Å². The summed E-state index contributed by atoms with van der Waals surface area (Å²) in [5.41, 5.74) is 6.73. The maximum absolute atomic E-state index is 14.3. The summed E-state index contributed by atoms with van der Waals surface area (Å²) in [4.78, 5) is 27.7. The molecule has 1 aromatic heterocycles. The summed E-state index contributed by atoms with van der Waals surface area (Å²) < 4.78 is 19.7. The fourth-order valence-electron chi connectivity index (χ4n) is 2.51. The van der Waals surface area contributed by atoms with Gasteiger partial charge in [-0.1, -0.05) is 30.3 Å². The van der Waals surface area contributed by atoms with Gasteiger partial charge in [0.05, 0.1) is 0 Å². The number of rotatable bonds is 6. The molecule has 7 nitrogen and oxygen atoms in total. The first kappa shape index (κ1) is 19.8. The highest BCUT2D eigenvalue weighted by Crippen LogP contribution is 2.27. The van der Waals surface area contributed by atoms with E-state index in [9.17, 15) is 14.0 Å². The third-order valence-corrected chi connectivity index (χ3v) is 3.92. The van der Waals surface area contributed by atoms with Gasteiger partial charge in [-0.2, -0.15) is 0 Å². The van der Waals surface area contributed by atoms with E-state index >= 15 is 0 Å². The Bertz CT molecular complexity index is 1010. The average Bonchev–Trinajstić information content (AvgIpc) is 2.71. The van der Waals surface area contributed by atoms with Crippen LogP contribution in [0.5, 0.6) is 11.5 Å². The summed E-state index contributed by atoms with van der Waals surface area (Å²) in [5, 5.41) is 4.88. The van der Waals surface area contributed by atoms with Crippen molar-refractivity contribution in [2.75, 3.05) is 17.6 Å². The van der Waals surface area contributed by atoms with Gasteiger partial charge in [0.2, 0.25) is 0 Å². The lowest BCUT2D eigenvalue weighted by atomic mass is 10.1. The standard InChI is InChI=1S/C21H19FN4O3/c22-17-12-15(6-7-18(17)29-16-9-11-24-19(23)13-16)26-21(28)20(27)25-10-8-14-4-2-1-3-5-14/h1-7,9,11-13H,8,10H2,(H2,23,24)(H,25,27)(H,26,28). The van der Waals surface area contributed by atoms with E-state index in [0.717, 1.165) is 11.6 Å². The maximum atomic E-state index is 14.3. The van der Waals surface area contributed by atoms with Crippen molar-refractivity contribution >= 4 is 23.3 Å². The zero-order chi connectivity index (χ0) is 20.6. The quantitative estimate of drug-likeness (QED) is 0.558. The van der Waals surface area contributed by atoms with E-state index in [-0.39, 0.29) is 17.3 Å². The van der Waals surface area contributed by atoms with Gasteiger partial charge in [0.25, 0.3) is 0 Å². The van der Waals surface area contributed by atoms with Crippen LogP contribution in [-0.2, 0) is 16.0 Å². The molecule has 0 aliphatic carbocycles. The molecule has 0 aliphatic rings. The van der Waals surface area contributed by atoms with Gasteiger partial charge in [-0.3, -0.25) is 9.59 Å². The molecule has 0 bridgehead atoms. The zero-order valence-electron chi connectivity index (χ0n) is 15.4. The van der Waals surface area contributed by atoms with E-state index in [4.69, 9.17) is 10.5 Å². The predicted octanol–water partition coefficient (Wildman–Crippen LogP) is 2.89. The highest BCUT2D eigenvalue weighted by atomic mass is 19.1. The predicted molar refractivity (Wildman–Crippen MR) is 107 cm³/mol. The van der Waals surface area contributed by atoms with E-state index in [1.807, 2.05) is 30.3 Å². The van der Waals surface area contributed by atoms with E-state index in [0.29, 0.717) is 18.7 Å².